The monoisotopic (exact) mass is 264 g/mol. The molecule has 19 heavy (non-hydrogen) atoms. The Morgan fingerprint density at radius 3 is 2.47 bits per heavy atom. The van der Waals surface area contributed by atoms with Gasteiger partial charge in [0.15, 0.2) is 11.5 Å². The van der Waals surface area contributed by atoms with Crippen LogP contribution in [0.3, 0.4) is 0 Å². The molecule has 5 heteroatoms. The van der Waals surface area contributed by atoms with Gasteiger partial charge in [-0.15, -0.1) is 0 Å². The van der Waals surface area contributed by atoms with E-state index in [1.54, 1.807) is 20.3 Å². The van der Waals surface area contributed by atoms with Gasteiger partial charge in [-0.1, -0.05) is 0 Å². The first-order chi connectivity index (χ1) is 9.13. The van der Waals surface area contributed by atoms with Crippen molar-refractivity contribution in [3.63, 3.8) is 0 Å². The maximum atomic E-state index is 11.9. The molecule has 5 nitrogen and oxygen atoms in total. The van der Waals surface area contributed by atoms with E-state index in [2.05, 4.69) is 10.6 Å². The lowest BCUT2D eigenvalue weighted by atomic mass is 9.99. The average Bonchev–Trinajstić information content (AvgIpc) is 2.35. The molecule has 0 unspecified atom stereocenters. The fourth-order valence-electron chi connectivity index (χ4n) is 2.07. The number of aryl methyl sites for hydroxylation is 1. The van der Waals surface area contributed by atoms with Crippen molar-refractivity contribution < 1.29 is 14.3 Å². The van der Waals surface area contributed by atoms with Crippen molar-refractivity contribution in [1.29, 1.82) is 0 Å². The number of ether oxygens (including phenoxy) is 2. The molecule has 0 spiro atoms. The van der Waals surface area contributed by atoms with Gasteiger partial charge in [-0.3, -0.25) is 4.79 Å². The lowest BCUT2D eigenvalue weighted by molar-refractivity contribution is -0.117. The van der Waals surface area contributed by atoms with Crippen LogP contribution in [-0.2, 0) is 4.79 Å². The predicted octanol–water partition coefficient (Wildman–Crippen LogP) is 1.56. The van der Waals surface area contributed by atoms with Gasteiger partial charge in [0, 0.05) is 18.2 Å². The topological polar surface area (TPSA) is 59.6 Å². The van der Waals surface area contributed by atoms with Crippen LogP contribution < -0.4 is 20.1 Å². The molecule has 0 radical (unpaired) electrons. The van der Waals surface area contributed by atoms with Gasteiger partial charge in [-0.2, -0.15) is 0 Å². The number of amides is 1. The van der Waals surface area contributed by atoms with E-state index in [1.165, 1.54) is 0 Å². The van der Waals surface area contributed by atoms with Gasteiger partial charge in [0.25, 0.3) is 0 Å². The van der Waals surface area contributed by atoms with Gasteiger partial charge in [-0.25, -0.2) is 0 Å². The highest BCUT2D eigenvalue weighted by atomic mass is 16.5. The van der Waals surface area contributed by atoms with Crippen molar-refractivity contribution in [2.45, 2.75) is 13.3 Å². The molecular formula is C14H20N2O3. The maximum absolute atomic E-state index is 11.9. The number of hydrogen-bond donors (Lipinski definition) is 2. The van der Waals surface area contributed by atoms with Gasteiger partial charge in [-0.05, 0) is 37.6 Å². The number of hydrogen-bond acceptors (Lipinski definition) is 4. The first-order valence-corrected chi connectivity index (χ1v) is 6.37. The summed E-state index contributed by atoms with van der Waals surface area (Å²) >= 11 is 0. The number of anilines is 1. The molecule has 1 aromatic carbocycles. The minimum atomic E-state index is 0.0434. The zero-order chi connectivity index (χ0) is 13.8. The van der Waals surface area contributed by atoms with Crippen LogP contribution in [0.2, 0.25) is 0 Å². The highest BCUT2D eigenvalue weighted by molar-refractivity contribution is 5.92. The smallest absolute Gasteiger partial charge is 0.224 e. The fraction of sp³-hybridized carbons (Fsp3) is 0.500. The lowest BCUT2D eigenvalue weighted by Crippen LogP contribution is -2.43. The van der Waals surface area contributed by atoms with Crippen LogP contribution in [-0.4, -0.2) is 33.2 Å². The Kier molecular flexibility index (Phi) is 4.27. The van der Waals surface area contributed by atoms with Crippen molar-refractivity contribution in [2.24, 2.45) is 5.92 Å². The number of nitrogens with one attached hydrogen (secondary N) is 2. The van der Waals surface area contributed by atoms with Crippen LogP contribution >= 0.6 is 0 Å². The normalized spacial score (nSPS) is 14.7. The second-order valence-electron chi connectivity index (χ2n) is 4.80. The largest absolute Gasteiger partial charge is 0.493 e. The number of methoxy groups -OCH3 is 2. The molecule has 1 heterocycles. The summed E-state index contributed by atoms with van der Waals surface area (Å²) in [6.45, 7) is 3.79. The molecule has 1 aliphatic rings. The number of carbonyl (C=O) groups is 1. The van der Waals surface area contributed by atoms with E-state index in [0.717, 1.165) is 24.3 Å². The van der Waals surface area contributed by atoms with Crippen LogP contribution in [0, 0.1) is 12.8 Å². The summed E-state index contributed by atoms with van der Waals surface area (Å²) in [6, 6.07) is 3.66. The first kappa shape index (κ1) is 13.7. The van der Waals surface area contributed by atoms with Crippen molar-refractivity contribution in [2.75, 3.05) is 32.6 Å². The Bertz CT molecular complexity index is 470. The van der Waals surface area contributed by atoms with E-state index in [1.807, 2.05) is 13.0 Å². The summed E-state index contributed by atoms with van der Waals surface area (Å²) in [4.78, 5) is 11.9. The fourth-order valence-corrected chi connectivity index (χ4v) is 2.07. The predicted molar refractivity (Wildman–Crippen MR) is 73.9 cm³/mol. The van der Waals surface area contributed by atoms with Gasteiger partial charge in [0.1, 0.15) is 0 Å². The van der Waals surface area contributed by atoms with Crippen molar-refractivity contribution in [3.8, 4) is 11.5 Å². The zero-order valence-corrected chi connectivity index (χ0v) is 11.6. The third-order valence-corrected chi connectivity index (χ3v) is 3.34. The quantitative estimate of drug-likeness (QED) is 0.847. The van der Waals surface area contributed by atoms with E-state index < -0.39 is 0 Å². The number of carbonyl (C=O) groups excluding carboxylic acids is 1. The molecule has 1 fully saturated rings. The summed E-state index contributed by atoms with van der Waals surface area (Å²) in [6.07, 6.45) is 0.556. The Morgan fingerprint density at radius 1 is 1.32 bits per heavy atom. The van der Waals surface area contributed by atoms with Crippen LogP contribution in [0.5, 0.6) is 11.5 Å². The molecule has 2 N–H and O–H groups in total. The third-order valence-electron chi connectivity index (χ3n) is 3.34. The third kappa shape index (κ3) is 3.17. The van der Waals surface area contributed by atoms with Crippen LogP contribution in [0.4, 0.5) is 5.69 Å². The number of benzene rings is 1. The van der Waals surface area contributed by atoms with Gasteiger partial charge < -0.3 is 20.1 Å². The van der Waals surface area contributed by atoms with Crippen LogP contribution in [0.1, 0.15) is 12.0 Å². The Morgan fingerprint density at radius 2 is 1.95 bits per heavy atom. The summed E-state index contributed by atoms with van der Waals surface area (Å²) in [7, 11) is 3.18. The molecule has 0 bridgehead atoms. The Labute approximate surface area is 113 Å². The van der Waals surface area contributed by atoms with E-state index in [-0.39, 0.29) is 5.91 Å². The summed E-state index contributed by atoms with van der Waals surface area (Å²) < 4.78 is 10.5. The molecule has 0 atom stereocenters. The molecule has 0 aliphatic carbocycles. The summed E-state index contributed by atoms with van der Waals surface area (Å²) in [5, 5.41) is 6.09. The van der Waals surface area contributed by atoms with Crippen LogP contribution in [0.15, 0.2) is 12.1 Å². The maximum Gasteiger partial charge on any atom is 0.224 e. The van der Waals surface area contributed by atoms with E-state index in [4.69, 9.17) is 9.47 Å². The minimum Gasteiger partial charge on any atom is -0.493 e. The first-order valence-electron chi connectivity index (χ1n) is 6.37. The lowest BCUT2D eigenvalue weighted by Gasteiger charge is -2.26. The molecule has 0 aromatic heterocycles. The Balaban J connectivity index is 2.08. The average molecular weight is 264 g/mol. The molecule has 1 aromatic rings. The molecule has 1 saturated heterocycles. The van der Waals surface area contributed by atoms with Gasteiger partial charge in [0.05, 0.1) is 14.2 Å². The summed E-state index contributed by atoms with van der Waals surface area (Å²) in [5.41, 5.74) is 1.73. The minimum absolute atomic E-state index is 0.0434. The molecule has 1 amide bonds. The highest BCUT2D eigenvalue weighted by Gasteiger charge is 2.20. The second kappa shape index (κ2) is 5.93. The molecule has 2 rings (SSSR count). The summed E-state index contributed by atoms with van der Waals surface area (Å²) in [5.74, 6) is 1.79. The van der Waals surface area contributed by atoms with E-state index in [0.29, 0.717) is 23.8 Å². The van der Waals surface area contributed by atoms with Gasteiger partial charge >= 0.3 is 0 Å². The highest BCUT2D eigenvalue weighted by Crippen LogP contribution is 2.33. The van der Waals surface area contributed by atoms with E-state index in [9.17, 15) is 4.79 Å². The molecule has 104 valence electrons. The van der Waals surface area contributed by atoms with E-state index >= 15 is 0 Å². The van der Waals surface area contributed by atoms with Crippen molar-refractivity contribution in [3.05, 3.63) is 17.7 Å². The van der Waals surface area contributed by atoms with Gasteiger partial charge in [0.2, 0.25) is 5.91 Å². The molecule has 0 saturated carbocycles. The van der Waals surface area contributed by atoms with Crippen LogP contribution in [0.25, 0.3) is 0 Å². The van der Waals surface area contributed by atoms with Crippen molar-refractivity contribution >= 4 is 11.6 Å². The number of rotatable bonds is 5. The molecule has 1 aliphatic heterocycles. The standard InChI is InChI=1S/C14H20N2O3/c1-9-4-12(18-2)13(19-3)6-11(9)16-14(17)5-10-7-15-8-10/h4,6,10,15H,5,7-8H2,1-3H3,(H,16,17). The second-order valence-corrected chi connectivity index (χ2v) is 4.80. The SMILES string of the molecule is COc1cc(C)c(NC(=O)CC2CNC2)cc1OC. The molecular weight excluding hydrogens is 244 g/mol. The van der Waals surface area contributed by atoms with Crippen molar-refractivity contribution in [1.82, 2.24) is 5.32 Å². The Hall–Kier alpha value is -1.75. The zero-order valence-electron chi connectivity index (χ0n) is 11.6.